The third-order valence-corrected chi connectivity index (χ3v) is 5.33. The van der Waals surface area contributed by atoms with E-state index in [0.717, 1.165) is 12.2 Å². The van der Waals surface area contributed by atoms with Crippen molar-refractivity contribution in [2.24, 2.45) is 5.92 Å². The van der Waals surface area contributed by atoms with Crippen molar-refractivity contribution < 1.29 is 14.3 Å². The maximum absolute atomic E-state index is 12.7. The Bertz CT molecular complexity index is 784. The standard InChI is InChI=1S/C22H27N3O3/c1-24(14-9-17-7-12-23-13-8-17)21(26)19-10-15-25(16-11-19)22(27)18-3-5-20(28-2)6-4-18/h3-8,12-13,19H,9-11,14-16H2,1-2H3. The van der Waals surface area contributed by atoms with E-state index >= 15 is 0 Å². The molecule has 3 rings (SSSR count). The highest BCUT2D eigenvalue weighted by Gasteiger charge is 2.29. The molecule has 1 fully saturated rings. The van der Waals surface area contributed by atoms with Gasteiger partial charge in [-0.05, 0) is 61.2 Å². The molecular weight excluding hydrogens is 354 g/mol. The van der Waals surface area contributed by atoms with Gasteiger partial charge >= 0.3 is 0 Å². The molecule has 1 aromatic carbocycles. The molecule has 0 bridgehead atoms. The monoisotopic (exact) mass is 381 g/mol. The van der Waals surface area contributed by atoms with Gasteiger partial charge in [0.2, 0.25) is 5.91 Å². The van der Waals surface area contributed by atoms with Crippen LogP contribution in [0.2, 0.25) is 0 Å². The van der Waals surface area contributed by atoms with E-state index in [1.165, 1.54) is 5.56 Å². The van der Waals surface area contributed by atoms with Gasteiger partial charge in [0.15, 0.2) is 0 Å². The lowest BCUT2D eigenvalue weighted by Crippen LogP contribution is -2.43. The molecule has 0 radical (unpaired) electrons. The Morgan fingerprint density at radius 3 is 2.36 bits per heavy atom. The molecule has 6 nitrogen and oxygen atoms in total. The quantitative estimate of drug-likeness (QED) is 0.772. The minimum Gasteiger partial charge on any atom is -0.497 e. The molecule has 0 spiro atoms. The van der Waals surface area contributed by atoms with Gasteiger partial charge in [0.05, 0.1) is 7.11 Å². The van der Waals surface area contributed by atoms with Crippen LogP contribution in [0, 0.1) is 5.92 Å². The number of carbonyl (C=O) groups excluding carboxylic acids is 2. The number of rotatable bonds is 6. The summed E-state index contributed by atoms with van der Waals surface area (Å²) in [6.45, 7) is 1.91. The zero-order valence-corrected chi connectivity index (χ0v) is 16.5. The lowest BCUT2D eigenvalue weighted by Gasteiger charge is -2.33. The highest BCUT2D eigenvalue weighted by Crippen LogP contribution is 2.22. The van der Waals surface area contributed by atoms with Crippen LogP contribution in [-0.2, 0) is 11.2 Å². The molecule has 148 valence electrons. The fraction of sp³-hybridized carbons (Fsp3) is 0.409. The number of ether oxygens (including phenoxy) is 1. The summed E-state index contributed by atoms with van der Waals surface area (Å²) in [5, 5.41) is 0. The number of likely N-dealkylation sites (N-methyl/N-ethyl adjacent to an activating group) is 1. The summed E-state index contributed by atoms with van der Waals surface area (Å²) in [4.78, 5) is 33.0. The third kappa shape index (κ3) is 4.88. The number of benzene rings is 1. The fourth-order valence-corrected chi connectivity index (χ4v) is 3.51. The molecule has 6 heteroatoms. The van der Waals surface area contributed by atoms with E-state index in [9.17, 15) is 9.59 Å². The van der Waals surface area contributed by atoms with Gasteiger partial charge < -0.3 is 14.5 Å². The zero-order chi connectivity index (χ0) is 19.9. The van der Waals surface area contributed by atoms with Crippen molar-refractivity contribution in [1.29, 1.82) is 0 Å². The van der Waals surface area contributed by atoms with Gasteiger partial charge in [0, 0.05) is 50.6 Å². The number of hydrogen-bond acceptors (Lipinski definition) is 4. The molecule has 1 aliphatic heterocycles. The fourth-order valence-electron chi connectivity index (χ4n) is 3.51. The third-order valence-electron chi connectivity index (χ3n) is 5.33. The maximum atomic E-state index is 12.7. The number of hydrogen-bond donors (Lipinski definition) is 0. The average molecular weight is 381 g/mol. The van der Waals surface area contributed by atoms with E-state index in [4.69, 9.17) is 4.74 Å². The number of amides is 2. The summed E-state index contributed by atoms with van der Waals surface area (Å²) in [7, 11) is 3.46. The van der Waals surface area contributed by atoms with E-state index in [1.807, 2.05) is 29.0 Å². The van der Waals surface area contributed by atoms with Crippen LogP contribution in [0.15, 0.2) is 48.8 Å². The first kappa shape index (κ1) is 19.9. The number of carbonyl (C=O) groups is 2. The van der Waals surface area contributed by atoms with E-state index in [2.05, 4.69) is 4.98 Å². The van der Waals surface area contributed by atoms with Crippen molar-refractivity contribution in [2.75, 3.05) is 33.8 Å². The molecule has 28 heavy (non-hydrogen) atoms. The molecule has 0 N–H and O–H groups in total. The van der Waals surface area contributed by atoms with Crippen LogP contribution >= 0.6 is 0 Å². The Balaban J connectivity index is 1.48. The van der Waals surface area contributed by atoms with Crippen LogP contribution < -0.4 is 4.74 Å². The van der Waals surface area contributed by atoms with Crippen molar-refractivity contribution >= 4 is 11.8 Å². The minimum atomic E-state index is -0.0117. The predicted octanol–water partition coefficient (Wildman–Crippen LogP) is 2.64. The Morgan fingerprint density at radius 2 is 1.75 bits per heavy atom. The van der Waals surface area contributed by atoms with Crippen LogP contribution in [0.25, 0.3) is 0 Å². The molecule has 2 amide bonds. The largest absolute Gasteiger partial charge is 0.497 e. The summed E-state index contributed by atoms with van der Waals surface area (Å²) < 4.78 is 5.14. The average Bonchev–Trinajstić information content (AvgIpc) is 2.77. The molecule has 0 aliphatic carbocycles. The zero-order valence-electron chi connectivity index (χ0n) is 16.5. The highest BCUT2D eigenvalue weighted by molar-refractivity contribution is 5.94. The molecule has 2 aromatic rings. The van der Waals surface area contributed by atoms with Gasteiger partial charge in [-0.2, -0.15) is 0 Å². The second kappa shape index (κ2) is 9.35. The van der Waals surface area contributed by atoms with E-state index < -0.39 is 0 Å². The van der Waals surface area contributed by atoms with Gasteiger partial charge in [-0.15, -0.1) is 0 Å². The minimum absolute atomic E-state index is 0.0117. The van der Waals surface area contributed by atoms with E-state index in [1.54, 1.807) is 43.8 Å². The Labute approximate surface area is 166 Å². The maximum Gasteiger partial charge on any atom is 0.253 e. The lowest BCUT2D eigenvalue weighted by molar-refractivity contribution is -0.135. The van der Waals surface area contributed by atoms with Crippen molar-refractivity contribution in [2.45, 2.75) is 19.3 Å². The number of pyridine rings is 1. The Morgan fingerprint density at radius 1 is 1.11 bits per heavy atom. The predicted molar refractivity (Wildman–Crippen MR) is 107 cm³/mol. The lowest BCUT2D eigenvalue weighted by atomic mass is 9.94. The molecular formula is C22H27N3O3. The van der Waals surface area contributed by atoms with Crippen LogP contribution in [0.5, 0.6) is 5.75 Å². The summed E-state index contributed by atoms with van der Waals surface area (Å²) in [5.41, 5.74) is 1.83. The summed E-state index contributed by atoms with van der Waals surface area (Å²) in [6, 6.07) is 11.1. The van der Waals surface area contributed by atoms with Gasteiger partial charge in [-0.1, -0.05) is 0 Å². The van der Waals surface area contributed by atoms with Crippen LogP contribution in [-0.4, -0.2) is 60.4 Å². The topological polar surface area (TPSA) is 62.7 Å². The van der Waals surface area contributed by atoms with Crippen LogP contribution in [0.3, 0.4) is 0 Å². The van der Waals surface area contributed by atoms with Gasteiger partial charge in [0.1, 0.15) is 5.75 Å². The molecule has 0 atom stereocenters. The second-order valence-corrected chi connectivity index (χ2v) is 7.16. The van der Waals surface area contributed by atoms with Gasteiger partial charge in [-0.25, -0.2) is 0 Å². The Hall–Kier alpha value is -2.89. The number of methoxy groups -OCH3 is 1. The first-order valence-electron chi connectivity index (χ1n) is 9.65. The molecule has 1 aliphatic rings. The van der Waals surface area contributed by atoms with Crippen molar-refractivity contribution in [1.82, 2.24) is 14.8 Å². The molecule has 2 heterocycles. The number of aromatic nitrogens is 1. The van der Waals surface area contributed by atoms with Gasteiger partial charge in [0.25, 0.3) is 5.91 Å². The SMILES string of the molecule is COc1ccc(C(=O)N2CCC(C(=O)N(C)CCc3ccncc3)CC2)cc1. The van der Waals surface area contributed by atoms with Gasteiger partial charge in [-0.3, -0.25) is 14.6 Å². The van der Waals surface area contributed by atoms with Crippen LogP contribution in [0.1, 0.15) is 28.8 Å². The van der Waals surface area contributed by atoms with Crippen LogP contribution in [0.4, 0.5) is 0 Å². The number of piperidine rings is 1. The smallest absolute Gasteiger partial charge is 0.253 e. The first-order chi connectivity index (χ1) is 13.6. The summed E-state index contributed by atoms with van der Waals surface area (Å²) in [5.74, 6) is 0.906. The molecule has 0 unspecified atom stereocenters. The number of likely N-dealkylation sites (tertiary alicyclic amines) is 1. The van der Waals surface area contributed by atoms with Crippen molar-refractivity contribution in [3.63, 3.8) is 0 Å². The molecule has 1 saturated heterocycles. The Kier molecular flexibility index (Phi) is 6.63. The first-order valence-corrected chi connectivity index (χ1v) is 9.65. The second-order valence-electron chi connectivity index (χ2n) is 7.16. The summed E-state index contributed by atoms with van der Waals surface area (Å²) >= 11 is 0. The summed E-state index contributed by atoms with van der Waals surface area (Å²) in [6.07, 6.45) is 5.78. The number of nitrogens with zero attached hydrogens (tertiary/aromatic N) is 3. The van der Waals surface area contributed by atoms with E-state index in [0.29, 0.717) is 38.0 Å². The van der Waals surface area contributed by atoms with Crippen molar-refractivity contribution in [3.8, 4) is 5.75 Å². The highest BCUT2D eigenvalue weighted by atomic mass is 16.5. The van der Waals surface area contributed by atoms with E-state index in [-0.39, 0.29) is 17.7 Å². The molecule has 0 saturated carbocycles. The molecule has 1 aromatic heterocycles. The normalized spacial score (nSPS) is 14.6. The van der Waals surface area contributed by atoms with Crippen molar-refractivity contribution in [3.05, 3.63) is 59.9 Å².